The fourth-order valence-electron chi connectivity index (χ4n) is 2.62. The lowest BCUT2D eigenvalue weighted by Gasteiger charge is -2.33. The lowest BCUT2D eigenvalue weighted by Crippen LogP contribution is -2.47. The topological polar surface area (TPSA) is 15.3 Å². The van der Waals surface area contributed by atoms with Gasteiger partial charge in [-0.1, -0.05) is 0 Å². The van der Waals surface area contributed by atoms with E-state index in [4.69, 9.17) is 0 Å². The van der Waals surface area contributed by atoms with Gasteiger partial charge in [-0.05, 0) is 51.9 Å². The van der Waals surface area contributed by atoms with E-state index in [2.05, 4.69) is 31.0 Å². The predicted molar refractivity (Wildman–Crippen MR) is 72.9 cm³/mol. The summed E-state index contributed by atoms with van der Waals surface area (Å²) in [7, 11) is 0. The van der Waals surface area contributed by atoms with Crippen molar-refractivity contribution in [1.82, 2.24) is 10.2 Å². The third-order valence-corrected chi connectivity index (χ3v) is 3.77. The number of benzene rings is 1. The highest BCUT2D eigenvalue weighted by Crippen LogP contribution is 2.20. The Labute approximate surface area is 113 Å². The molecule has 106 valence electrons. The van der Waals surface area contributed by atoms with E-state index in [9.17, 15) is 8.78 Å². The lowest BCUT2D eigenvalue weighted by molar-refractivity contribution is 0.171. The highest BCUT2D eigenvalue weighted by Gasteiger charge is 2.28. The molecule has 0 spiro atoms. The number of hydrogen-bond acceptors (Lipinski definition) is 2. The van der Waals surface area contributed by atoms with Crippen LogP contribution in [0.1, 0.15) is 32.8 Å². The summed E-state index contributed by atoms with van der Waals surface area (Å²) in [5.74, 6) is -0.708. The fraction of sp³-hybridized carbons (Fsp3) is 0.600. The van der Waals surface area contributed by atoms with Crippen molar-refractivity contribution in [3.63, 3.8) is 0 Å². The Balaban J connectivity index is 2.17. The Morgan fingerprint density at radius 3 is 2.84 bits per heavy atom. The van der Waals surface area contributed by atoms with Crippen LogP contribution in [0.2, 0.25) is 0 Å². The molecule has 1 fully saturated rings. The van der Waals surface area contributed by atoms with E-state index < -0.39 is 0 Å². The minimum Gasteiger partial charge on any atom is -0.310 e. The first-order valence-corrected chi connectivity index (χ1v) is 6.80. The molecule has 1 saturated heterocycles. The van der Waals surface area contributed by atoms with Gasteiger partial charge >= 0.3 is 0 Å². The van der Waals surface area contributed by atoms with Gasteiger partial charge in [-0.25, -0.2) is 8.78 Å². The van der Waals surface area contributed by atoms with Gasteiger partial charge in [-0.15, -0.1) is 0 Å². The number of nitrogens with one attached hydrogen (secondary N) is 1. The summed E-state index contributed by atoms with van der Waals surface area (Å²) in [5, 5.41) is 3.48. The zero-order valence-electron chi connectivity index (χ0n) is 11.8. The van der Waals surface area contributed by atoms with E-state index in [0.29, 0.717) is 18.2 Å². The van der Waals surface area contributed by atoms with Gasteiger partial charge in [0.1, 0.15) is 11.6 Å². The monoisotopic (exact) mass is 268 g/mol. The van der Waals surface area contributed by atoms with Crippen LogP contribution in [0.25, 0.3) is 0 Å². The molecule has 0 radical (unpaired) electrons. The SMILES string of the molecule is CC1CCNC(C)(C)CN1Cc1cc(F)ccc1F. The molecular formula is C15H22F2N2. The molecule has 1 unspecified atom stereocenters. The standard InChI is InChI=1S/C15H22F2N2/c1-11-6-7-18-15(2,3)10-19(11)9-12-8-13(16)4-5-14(12)17/h4-5,8,11,18H,6-7,9-10H2,1-3H3. The summed E-state index contributed by atoms with van der Waals surface area (Å²) in [6.45, 7) is 8.65. The second-order valence-corrected chi connectivity index (χ2v) is 6.09. The number of rotatable bonds is 2. The van der Waals surface area contributed by atoms with Crippen LogP contribution in [0.3, 0.4) is 0 Å². The molecule has 2 nitrogen and oxygen atoms in total. The van der Waals surface area contributed by atoms with Gasteiger partial charge < -0.3 is 5.32 Å². The summed E-state index contributed by atoms with van der Waals surface area (Å²) in [6.07, 6.45) is 1.01. The maximum Gasteiger partial charge on any atom is 0.127 e. The van der Waals surface area contributed by atoms with Crippen LogP contribution < -0.4 is 5.32 Å². The highest BCUT2D eigenvalue weighted by atomic mass is 19.1. The van der Waals surface area contributed by atoms with Gasteiger partial charge in [0.05, 0.1) is 0 Å². The first kappa shape index (κ1) is 14.4. The summed E-state index contributed by atoms with van der Waals surface area (Å²) < 4.78 is 27.0. The van der Waals surface area contributed by atoms with Gasteiger partial charge in [-0.3, -0.25) is 4.90 Å². The van der Waals surface area contributed by atoms with Crippen molar-refractivity contribution in [2.45, 2.75) is 45.3 Å². The summed E-state index contributed by atoms with van der Waals surface area (Å²) in [4.78, 5) is 2.22. The molecule has 0 aromatic heterocycles. The smallest absolute Gasteiger partial charge is 0.127 e. The molecule has 0 saturated carbocycles. The molecule has 1 atom stereocenters. The van der Waals surface area contributed by atoms with Crippen molar-refractivity contribution in [3.05, 3.63) is 35.4 Å². The van der Waals surface area contributed by atoms with E-state index in [1.165, 1.54) is 12.1 Å². The maximum atomic E-state index is 13.7. The second-order valence-electron chi connectivity index (χ2n) is 6.09. The van der Waals surface area contributed by atoms with E-state index in [0.717, 1.165) is 25.6 Å². The normalized spacial score (nSPS) is 24.2. The van der Waals surface area contributed by atoms with Crippen LogP contribution in [0.15, 0.2) is 18.2 Å². The van der Waals surface area contributed by atoms with E-state index >= 15 is 0 Å². The molecule has 1 heterocycles. The molecule has 1 N–H and O–H groups in total. The Morgan fingerprint density at radius 2 is 2.11 bits per heavy atom. The second kappa shape index (κ2) is 5.55. The summed E-state index contributed by atoms with van der Waals surface area (Å²) in [6, 6.07) is 4.03. The van der Waals surface area contributed by atoms with Gasteiger partial charge in [0, 0.05) is 30.2 Å². The van der Waals surface area contributed by atoms with Crippen molar-refractivity contribution in [3.8, 4) is 0 Å². The molecule has 2 rings (SSSR count). The van der Waals surface area contributed by atoms with Crippen LogP contribution in [0.5, 0.6) is 0 Å². The zero-order valence-corrected chi connectivity index (χ0v) is 11.8. The van der Waals surface area contributed by atoms with Crippen LogP contribution in [-0.4, -0.2) is 29.6 Å². The van der Waals surface area contributed by atoms with Crippen molar-refractivity contribution >= 4 is 0 Å². The third kappa shape index (κ3) is 3.74. The maximum absolute atomic E-state index is 13.7. The minimum atomic E-state index is -0.378. The van der Waals surface area contributed by atoms with Crippen molar-refractivity contribution < 1.29 is 8.78 Å². The number of hydrogen-bond donors (Lipinski definition) is 1. The van der Waals surface area contributed by atoms with Crippen molar-refractivity contribution in [1.29, 1.82) is 0 Å². The van der Waals surface area contributed by atoms with Crippen molar-refractivity contribution in [2.24, 2.45) is 0 Å². The van der Waals surface area contributed by atoms with E-state index in [1.54, 1.807) is 0 Å². The highest BCUT2D eigenvalue weighted by molar-refractivity contribution is 5.19. The predicted octanol–water partition coefficient (Wildman–Crippen LogP) is 2.93. The molecule has 1 aromatic carbocycles. The van der Waals surface area contributed by atoms with Gasteiger partial charge in [0.25, 0.3) is 0 Å². The van der Waals surface area contributed by atoms with E-state index in [1.807, 2.05) is 0 Å². The number of halogens is 2. The summed E-state index contributed by atoms with van der Waals surface area (Å²) in [5.41, 5.74) is 0.429. The van der Waals surface area contributed by atoms with Gasteiger partial charge in [0.15, 0.2) is 0 Å². The minimum absolute atomic E-state index is 0.00540. The fourth-order valence-corrected chi connectivity index (χ4v) is 2.62. The van der Waals surface area contributed by atoms with Crippen LogP contribution in [0, 0.1) is 11.6 Å². The molecule has 0 aliphatic carbocycles. The van der Waals surface area contributed by atoms with Gasteiger partial charge in [0.2, 0.25) is 0 Å². The first-order valence-electron chi connectivity index (χ1n) is 6.80. The molecular weight excluding hydrogens is 246 g/mol. The van der Waals surface area contributed by atoms with Crippen LogP contribution in [0.4, 0.5) is 8.78 Å². The van der Waals surface area contributed by atoms with Crippen LogP contribution >= 0.6 is 0 Å². The zero-order chi connectivity index (χ0) is 14.0. The molecule has 1 aromatic rings. The average molecular weight is 268 g/mol. The molecule has 0 amide bonds. The summed E-state index contributed by atoms with van der Waals surface area (Å²) >= 11 is 0. The molecule has 0 bridgehead atoms. The Kier molecular flexibility index (Phi) is 4.21. The largest absolute Gasteiger partial charge is 0.310 e. The van der Waals surface area contributed by atoms with Crippen molar-refractivity contribution in [2.75, 3.05) is 13.1 Å². The molecule has 1 aliphatic rings. The van der Waals surface area contributed by atoms with Crippen LogP contribution in [-0.2, 0) is 6.54 Å². The lowest BCUT2D eigenvalue weighted by atomic mass is 10.0. The molecule has 1 aliphatic heterocycles. The Morgan fingerprint density at radius 1 is 1.37 bits per heavy atom. The van der Waals surface area contributed by atoms with Gasteiger partial charge in [-0.2, -0.15) is 0 Å². The third-order valence-electron chi connectivity index (χ3n) is 3.77. The Bertz CT molecular complexity index is 446. The first-order chi connectivity index (χ1) is 8.87. The van der Waals surface area contributed by atoms with E-state index in [-0.39, 0.29) is 17.2 Å². The molecule has 4 heteroatoms. The number of nitrogens with zero attached hydrogens (tertiary/aromatic N) is 1. The Hall–Kier alpha value is -1.00. The quantitative estimate of drug-likeness (QED) is 0.887. The average Bonchev–Trinajstić information content (AvgIpc) is 2.43. The molecule has 19 heavy (non-hydrogen) atoms.